The standard InChI is InChI=1S/C11H11N5O/c1-17-8-2-3-10-9(5-8)7(6-12-10)4-11-13-15-16-14-11/h2-3,5-6,12H,4H2,1H3,(H,13,14,15,16). The number of H-pyrrole nitrogens is 2. The minimum Gasteiger partial charge on any atom is -0.497 e. The number of ether oxygens (including phenoxy) is 1. The van der Waals surface area contributed by atoms with Crippen LogP contribution in [0.1, 0.15) is 11.4 Å². The van der Waals surface area contributed by atoms with Crippen LogP contribution in [0.4, 0.5) is 0 Å². The summed E-state index contributed by atoms with van der Waals surface area (Å²) in [5, 5.41) is 15.0. The van der Waals surface area contributed by atoms with E-state index in [0.717, 1.165) is 22.2 Å². The first-order chi connectivity index (χ1) is 8.36. The van der Waals surface area contributed by atoms with Crippen LogP contribution in [0, 0.1) is 0 Å². The molecule has 0 aliphatic heterocycles. The summed E-state index contributed by atoms with van der Waals surface area (Å²) in [5.74, 6) is 1.51. The molecule has 3 rings (SSSR count). The highest BCUT2D eigenvalue weighted by atomic mass is 16.5. The Labute approximate surface area is 97.0 Å². The van der Waals surface area contributed by atoms with Crippen LogP contribution in [-0.2, 0) is 6.42 Å². The number of benzene rings is 1. The first kappa shape index (κ1) is 9.83. The second kappa shape index (κ2) is 3.89. The van der Waals surface area contributed by atoms with Crippen LogP contribution in [0.15, 0.2) is 24.4 Å². The van der Waals surface area contributed by atoms with Crippen molar-refractivity contribution >= 4 is 10.9 Å². The molecule has 2 N–H and O–H groups in total. The number of rotatable bonds is 3. The van der Waals surface area contributed by atoms with Gasteiger partial charge in [-0.2, -0.15) is 5.21 Å². The molecule has 0 aliphatic rings. The SMILES string of the molecule is COc1ccc2[nH]cc(Cc3nn[nH]n3)c2c1. The molecule has 0 spiro atoms. The molecule has 6 nitrogen and oxygen atoms in total. The van der Waals surface area contributed by atoms with Crippen LogP contribution in [0.2, 0.25) is 0 Å². The largest absolute Gasteiger partial charge is 0.497 e. The molecule has 0 saturated heterocycles. The average molecular weight is 229 g/mol. The molecular formula is C11H11N5O. The van der Waals surface area contributed by atoms with E-state index in [-0.39, 0.29) is 0 Å². The number of fused-ring (bicyclic) bond motifs is 1. The molecular weight excluding hydrogens is 218 g/mol. The average Bonchev–Trinajstić information content (AvgIpc) is 2.99. The van der Waals surface area contributed by atoms with Gasteiger partial charge in [-0.3, -0.25) is 0 Å². The molecule has 3 aromatic rings. The Morgan fingerprint density at radius 2 is 2.29 bits per heavy atom. The first-order valence-corrected chi connectivity index (χ1v) is 5.23. The molecule has 86 valence electrons. The number of hydrogen-bond donors (Lipinski definition) is 2. The molecule has 17 heavy (non-hydrogen) atoms. The molecule has 0 amide bonds. The van der Waals surface area contributed by atoms with Crippen molar-refractivity contribution in [3.05, 3.63) is 35.8 Å². The van der Waals surface area contributed by atoms with E-state index in [2.05, 4.69) is 25.6 Å². The van der Waals surface area contributed by atoms with Gasteiger partial charge in [0, 0.05) is 23.5 Å². The molecule has 2 heterocycles. The van der Waals surface area contributed by atoms with Crippen molar-refractivity contribution in [3.8, 4) is 5.75 Å². The maximum absolute atomic E-state index is 5.22. The summed E-state index contributed by atoms with van der Waals surface area (Å²) >= 11 is 0. The minimum atomic E-state index is 0.643. The third-order valence-electron chi connectivity index (χ3n) is 2.71. The van der Waals surface area contributed by atoms with Crippen LogP contribution in [0.3, 0.4) is 0 Å². The topological polar surface area (TPSA) is 79.5 Å². The predicted molar refractivity (Wildman–Crippen MR) is 61.8 cm³/mol. The zero-order valence-electron chi connectivity index (χ0n) is 9.27. The van der Waals surface area contributed by atoms with Gasteiger partial charge in [-0.1, -0.05) is 5.21 Å². The fourth-order valence-electron chi connectivity index (χ4n) is 1.86. The quantitative estimate of drug-likeness (QED) is 0.709. The van der Waals surface area contributed by atoms with E-state index in [9.17, 15) is 0 Å². The lowest BCUT2D eigenvalue weighted by Gasteiger charge is -2.00. The number of aromatic nitrogens is 5. The smallest absolute Gasteiger partial charge is 0.178 e. The Bertz CT molecular complexity index is 628. The van der Waals surface area contributed by atoms with Crippen molar-refractivity contribution in [1.82, 2.24) is 25.6 Å². The molecule has 0 fully saturated rings. The highest BCUT2D eigenvalue weighted by Crippen LogP contribution is 2.24. The van der Waals surface area contributed by atoms with E-state index < -0.39 is 0 Å². The predicted octanol–water partition coefficient (Wildman–Crippen LogP) is 1.28. The van der Waals surface area contributed by atoms with Crippen LogP contribution >= 0.6 is 0 Å². The van der Waals surface area contributed by atoms with Gasteiger partial charge in [0.2, 0.25) is 0 Å². The van der Waals surface area contributed by atoms with Crippen molar-refractivity contribution < 1.29 is 4.74 Å². The molecule has 2 aromatic heterocycles. The van der Waals surface area contributed by atoms with Gasteiger partial charge in [0.15, 0.2) is 5.82 Å². The van der Waals surface area contributed by atoms with Gasteiger partial charge < -0.3 is 9.72 Å². The molecule has 1 aromatic carbocycles. The van der Waals surface area contributed by atoms with E-state index in [1.165, 1.54) is 0 Å². The highest BCUT2D eigenvalue weighted by molar-refractivity contribution is 5.84. The molecule has 0 aliphatic carbocycles. The third kappa shape index (κ3) is 1.73. The molecule has 0 bridgehead atoms. The molecule has 0 atom stereocenters. The van der Waals surface area contributed by atoms with Crippen LogP contribution in [0.5, 0.6) is 5.75 Å². The van der Waals surface area contributed by atoms with Gasteiger partial charge in [-0.15, -0.1) is 10.2 Å². The Morgan fingerprint density at radius 1 is 1.35 bits per heavy atom. The van der Waals surface area contributed by atoms with Gasteiger partial charge in [0.25, 0.3) is 0 Å². The summed E-state index contributed by atoms with van der Waals surface area (Å²) < 4.78 is 5.22. The number of aromatic amines is 2. The monoisotopic (exact) mass is 229 g/mol. The fourth-order valence-corrected chi connectivity index (χ4v) is 1.86. The highest BCUT2D eigenvalue weighted by Gasteiger charge is 2.08. The second-order valence-electron chi connectivity index (χ2n) is 3.73. The number of nitrogens with zero attached hydrogens (tertiary/aromatic N) is 3. The van der Waals surface area contributed by atoms with Crippen LogP contribution in [-0.4, -0.2) is 32.7 Å². The van der Waals surface area contributed by atoms with Crippen molar-refractivity contribution in [2.24, 2.45) is 0 Å². The van der Waals surface area contributed by atoms with Gasteiger partial charge in [0.05, 0.1) is 7.11 Å². The number of methoxy groups -OCH3 is 1. The molecule has 0 radical (unpaired) electrons. The molecule has 0 unspecified atom stereocenters. The normalized spacial score (nSPS) is 10.9. The van der Waals surface area contributed by atoms with Crippen molar-refractivity contribution in [1.29, 1.82) is 0 Å². The summed E-state index contributed by atoms with van der Waals surface area (Å²) in [6, 6.07) is 5.92. The van der Waals surface area contributed by atoms with E-state index >= 15 is 0 Å². The summed E-state index contributed by atoms with van der Waals surface area (Å²) in [5.41, 5.74) is 2.20. The Balaban J connectivity index is 2.04. The number of hydrogen-bond acceptors (Lipinski definition) is 4. The van der Waals surface area contributed by atoms with Crippen LogP contribution in [0.25, 0.3) is 10.9 Å². The Kier molecular flexibility index (Phi) is 2.25. The van der Waals surface area contributed by atoms with Gasteiger partial charge in [-0.05, 0) is 23.8 Å². The summed E-state index contributed by atoms with van der Waals surface area (Å²) in [4.78, 5) is 3.21. The number of tetrazole rings is 1. The Hall–Kier alpha value is -2.37. The van der Waals surface area contributed by atoms with E-state index in [1.807, 2.05) is 24.4 Å². The maximum Gasteiger partial charge on any atom is 0.178 e. The first-order valence-electron chi connectivity index (χ1n) is 5.23. The zero-order chi connectivity index (χ0) is 11.7. The number of nitrogens with one attached hydrogen (secondary N) is 2. The van der Waals surface area contributed by atoms with E-state index in [1.54, 1.807) is 7.11 Å². The van der Waals surface area contributed by atoms with E-state index in [4.69, 9.17) is 4.74 Å². The van der Waals surface area contributed by atoms with Gasteiger partial charge >= 0.3 is 0 Å². The van der Waals surface area contributed by atoms with Gasteiger partial charge in [-0.25, -0.2) is 0 Å². The third-order valence-corrected chi connectivity index (χ3v) is 2.71. The summed E-state index contributed by atoms with van der Waals surface area (Å²) in [6.45, 7) is 0. The van der Waals surface area contributed by atoms with Crippen molar-refractivity contribution in [3.63, 3.8) is 0 Å². The lowest BCUT2D eigenvalue weighted by Crippen LogP contribution is -1.90. The molecule has 6 heteroatoms. The van der Waals surface area contributed by atoms with Gasteiger partial charge in [0.1, 0.15) is 5.75 Å². The lowest BCUT2D eigenvalue weighted by molar-refractivity contribution is 0.415. The zero-order valence-corrected chi connectivity index (χ0v) is 9.27. The lowest BCUT2D eigenvalue weighted by atomic mass is 10.1. The summed E-state index contributed by atoms with van der Waals surface area (Å²) in [6.07, 6.45) is 2.60. The minimum absolute atomic E-state index is 0.643. The fraction of sp³-hybridized carbons (Fsp3) is 0.182. The van der Waals surface area contributed by atoms with Crippen molar-refractivity contribution in [2.75, 3.05) is 7.11 Å². The van der Waals surface area contributed by atoms with E-state index in [0.29, 0.717) is 12.2 Å². The second-order valence-corrected chi connectivity index (χ2v) is 3.73. The van der Waals surface area contributed by atoms with Crippen LogP contribution < -0.4 is 4.74 Å². The summed E-state index contributed by atoms with van der Waals surface area (Å²) in [7, 11) is 1.66. The van der Waals surface area contributed by atoms with Crippen molar-refractivity contribution in [2.45, 2.75) is 6.42 Å². The Morgan fingerprint density at radius 3 is 3.06 bits per heavy atom. The maximum atomic E-state index is 5.22. The molecule has 0 saturated carbocycles.